The molecule has 0 aliphatic heterocycles. The third-order valence-electron chi connectivity index (χ3n) is 3.86. The summed E-state index contributed by atoms with van der Waals surface area (Å²) in [7, 11) is -0.727. The highest BCUT2D eigenvalue weighted by Crippen LogP contribution is 2.38. The fourth-order valence-corrected chi connectivity index (χ4v) is 4.30. The van der Waals surface area contributed by atoms with E-state index in [0.29, 0.717) is 5.92 Å². The lowest BCUT2D eigenvalue weighted by molar-refractivity contribution is 0.333. The van der Waals surface area contributed by atoms with Gasteiger partial charge in [-0.2, -0.15) is 0 Å². The predicted octanol–water partition coefficient (Wildman–Crippen LogP) is 2.30. The zero-order valence-corrected chi connectivity index (χ0v) is 11.3. The van der Waals surface area contributed by atoms with Gasteiger partial charge >= 0.3 is 0 Å². The van der Waals surface area contributed by atoms with E-state index in [-0.39, 0.29) is 16.7 Å². The van der Waals surface area contributed by atoms with Crippen LogP contribution in [0.3, 0.4) is 0 Å². The second-order valence-electron chi connectivity index (χ2n) is 5.65. The first kappa shape index (κ1) is 13.2. The van der Waals surface area contributed by atoms with Crippen LogP contribution in [-0.2, 0) is 10.8 Å². The van der Waals surface area contributed by atoms with Gasteiger partial charge in [0.1, 0.15) is 0 Å². The molecule has 1 saturated carbocycles. The van der Waals surface area contributed by atoms with Crippen molar-refractivity contribution in [3.8, 4) is 0 Å². The van der Waals surface area contributed by atoms with Gasteiger partial charge in [-0.15, -0.1) is 0 Å². The summed E-state index contributed by atoms with van der Waals surface area (Å²) in [5.74, 6) is 1.38. The Bertz CT molecular complexity index is 240. The maximum absolute atomic E-state index is 12.1. The van der Waals surface area contributed by atoms with Crippen molar-refractivity contribution in [1.29, 1.82) is 0 Å². The minimum Gasteiger partial charge on any atom is -0.326 e. The van der Waals surface area contributed by atoms with Crippen LogP contribution in [-0.4, -0.2) is 21.3 Å². The third kappa shape index (κ3) is 3.04. The lowest BCUT2D eigenvalue weighted by Crippen LogP contribution is -2.42. The highest BCUT2D eigenvalue weighted by Gasteiger charge is 2.42. The van der Waals surface area contributed by atoms with Crippen LogP contribution >= 0.6 is 0 Å². The molecular formula is C12H25NOS. The van der Waals surface area contributed by atoms with Gasteiger partial charge in [0.25, 0.3) is 0 Å². The summed E-state index contributed by atoms with van der Waals surface area (Å²) in [5.41, 5.74) is 6.36. The smallest absolute Gasteiger partial charge is 0.0504 e. The molecule has 1 aliphatic carbocycles. The first-order valence-corrected chi connectivity index (χ1v) is 7.39. The van der Waals surface area contributed by atoms with Gasteiger partial charge in [-0.1, -0.05) is 34.1 Å². The van der Waals surface area contributed by atoms with Crippen molar-refractivity contribution in [2.45, 2.75) is 58.2 Å². The van der Waals surface area contributed by atoms with Crippen LogP contribution in [0.5, 0.6) is 0 Å². The first-order valence-electron chi connectivity index (χ1n) is 6.01. The zero-order chi connectivity index (χ0) is 11.6. The van der Waals surface area contributed by atoms with E-state index in [1.807, 2.05) is 0 Å². The average Bonchev–Trinajstić information content (AvgIpc) is 2.42. The lowest BCUT2D eigenvalue weighted by atomic mass is 9.88. The molecule has 0 radical (unpaired) electrons. The van der Waals surface area contributed by atoms with Crippen LogP contribution in [0.25, 0.3) is 0 Å². The predicted molar refractivity (Wildman–Crippen MR) is 67.2 cm³/mol. The molecule has 4 unspecified atom stereocenters. The maximum atomic E-state index is 12.1. The third-order valence-corrected chi connectivity index (χ3v) is 5.96. The van der Waals surface area contributed by atoms with Gasteiger partial charge in [-0.05, 0) is 24.2 Å². The van der Waals surface area contributed by atoms with Crippen molar-refractivity contribution in [2.24, 2.45) is 17.1 Å². The molecular weight excluding hydrogens is 206 g/mol. The van der Waals surface area contributed by atoms with Crippen molar-refractivity contribution >= 4 is 10.8 Å². The van der Waals surface area contributed by atoms with Crippen LogP contribution in [0.1, 0.15) is 47.0 Å². The van der Waals surface area contributed by atoms with Crippen molar-refractivity contribution in [3.63, 3.8) is 0 Å². The minimum absolute atomic E-state index is 0.113. The quantitative estimate of drug-likeness (QED) is 0.807. The lowest BCUT2D eigenvalue weighted by Gasteiger charge is -2.26. The molecule has 2 nitrogen and oxygen atoms in total. The zero-order valence-electron chi connectivity index (χ0n) is 10.5. The van der Waals surface area contributed by atoms with E-state index >= 15 is 0 Å². The van der Waals surface area contributed by atoms with Gasteiger partial charge in [0, 0.05) is 22.6 Å². The summed E-state index contributed by atoms with van der Waals surface area (Å²) in [6.07, 6.45) is 3.26. The van der Waals surface area contributed by atoms with E-state index in [1.54, 1.807) is 0 Å². The van der Waals surface area contributed by atoms with Gasteiger partial charge in [0.2, 0.25) is 0 Å². The molecule has 0 bridgehead atoms. The molecule has 0 amide bonds. The fraction of sp³-hybridized carbons (Fsp3) is 1.00. The van der Waals surface area contributed by atoms with E-state index in [4.69, 9.17) is 5.73 Å². The largest absolute Gasteiger partial charge is 0.326 e. The van der Waals surface area contributed by atoms with E-state index < -0.39 is 10.8 Å². The Kier molecular flexibility index (Phi) is 4.36. The molecule has 3 heteroatoms. The Morgan fingerprint density at radius 3 is 2.53 bits per heavy atom. The summed E-state index contributed by atoms with van der Waals surface area (Å²) >= 11 is 0. The molecule has 0 aromatic rings. The Hall–Kier alpha value is 0.110. The molecule has 0 spiro atoms. The average molecular weight is 231 g/mol. The van der Waals surface area contributed by atoms with Crippen LogP contribution in [0.4, 0.5) is 0 Å². The van der Waals surface area contributed by atoms with Gasteiger partial charge in [-0.25, -0.2) is 0 Å². The minimum atomic E-state index is -0.727. The highest BCUT2D eigenvalue weighted by atomic mass is 32.2. The van der Waals surface area contributed by atoms with E-state index in [0.717, 1.165) is 25.0 Å². The molecule has 0 heterocycles. The van der Waals surface area contributed by atoms with E-state index in [1.165, 1.54) is 0 Å². The number of nitrogens with two attached hydrogens (primary N) is 1. The second-order valence-corrected chi connectivity index (χ2v) is 7.35. The van der Waals surface area contributed by atoms with Crippen molar-refractivity contribution < 1.29 is 4.21 Å². The highest BCUT2D eigenvalue weighted by molar-refractivity contribution is 7.85. The van der Waals surface area contributed by atoms with E-state index in [9.17, 15) is 4.21 Å². The Morgan fingerprint density at radius 2 is 2.13 bits per heavy atom. The molecule has 15 heavy (non-hydrogen) atoms. The SMILES string of the molecule is CCC(C)CS(=O)C1CCC(C)(C)C1N. The summed E-state index contributed by atoms with van der Waals surface area (Å²) in [4.78, 5) is 0. The molecule has 0 aromatic heterocycles. The van der Waals surface area contributed by atoms with Crippen LogP contribution in [0, 0.1) is 11.3 Å². The summed E-state index contributed by atoms with van der Waals surface area (Å²) < 4.78 is 12.1. The Balaban J connectivity index is 2.55. The van der Waals surface area contributed by atoms with Crippen molar-refractivity contribution in [3.05, 3.63) is 0 Å². The molecule has 0 aromatic carbocycles. The summed E-state index contributed by atoms with van der Waals surface area (Å²) in [6, 6.07) is 0.113. The van der Waals surface area contributed by atoms with E-state index in [2.05, 4.69) is 27.7 Å². The monoisotopic (exact) mass is 231 g/mol. The molecule has 1 aliphatic rings. The number of rotatable bonds is 4. The van der Waals surface area contributed by atoms with Crippen LogP contribution < -0.4 is 5.73 Å². The molecule has 4 atom stereocenters. The second kappa shape index (κ2) is 4.96. The topological polar surface area (TPSA) is 43.1 Å². The normalized spacial score (nSPS) is 33.9. The number of hydrogen-bond donors (Lipinski definition) is 1. The van der Waals surface area contributed by atoms with Gasteiger partial charge < -0.3 is 5.73 Å². The molecule has 90 valence electrons. The Morgan fingerprint density at radius 1 is 1.53 bits per heavy atom. The van der Waals surface area contributed by atoms with Gasteiger partial charge in [0.15, 0.2) is 0 Å². The molecule has 1 fully saturated rings. The van der Waals surface area contributed by atoms with Crippen molar-refractivity contribution in [1.82, 2.24) is 0 Å². The van der Waals surface area contributed by atoms with Crippen LogP contribution in [0.15, 0.2) is 0 Å². The summed E-state index contributed by atoms with van der Waals surface area (Å²) in [6.45, 7) is 8.71. The maximum Gasteiger partial charge on any atom is 0.0504 e. The molecule has 1 rings (SSSR count). The fourth-order valence-electron chi connectivity index (χ4n) is 2.18. The molecule has 0 saturated heterocycles. The van der Waals surface area contributed by atoms with Gasteiger partial charge in [-0.3, -0.25) is 4.21 Å². The Labute approximate surface area is 96.5 Å². The summed E-state index contributed by atoms with van der Waals surface area (Å²) in [5, 5.41) is 0.231. The number of hydrogen-bond acceptors (Lipinski definition) is 2. The van der Waals surface area contributed by atoms with Crippen LogP contribution in [0.2, 0.25) is 0 Å². The van der Waals surface area contributed by atoms with Crippen molar-refractivity contribution in [2.75, 3.05) is 5.75 Å². The molecule has 2 N–H and O–H groups in total. The standard InChI is InChI=1S/C12H25NOS/c1-5-9(2)8-15(14)10-6-7-12(3,4)11(10)13/h9-11H,5-8,13H2,1-4H3. The van der Waals surface area contributed by atoms with Gasteiger partial charge in [0.05, 0.1) is 5.25 Å². The first-order chi connectivity index (χ1) is 6.88.